The number of carbonyl (C=O) groups excluding carboxylic acids is 1. The zero-order valence-electron chi connectivity index (χ0n) is 22.7. The molecule has 1 saturated heterocycles. The molecule has 1 aliphatic carbocycles. The zero-order chi connectivity index (χ0) is 31.4. The van der Waals surface area contributed by atoms with E-state index in [1.54, 1.807) is 13.0 Å². The van der Waals surface area contributed by atoms with Crippen LogP contribution in [0.4, 0.5) is 17.6 Å². The molecule has 0 spiro atoms. The summed E-state index contributed by atoms with van der Waals surface area (Å²) in [5.74, 6) is -3.85. The first kappa shape index (κ1) is 33.9. The van der Waals surface area contributed by atoms with Gasteiger partial charge >= 0.3 is 12.1 Å². The first-order valence-electron chi connectivity index (χ1n) is 13.0. The highest BCUT2D eigenvalue weighted by molar-refractivity contribution is 7.91. The molecule has 1 amide bonds. The number of sulfonamides is 1. The Bertz CT molecular complexity index is 1390. The Hall–Kier alpha value is -2.61. The highest BCUT2D eigenvalue weighted by atomic mass is 35.5. The third-order valence-corrected chi connectivity index (χ3v) is 9.24. The number of aryl methyl sites for hydroxylation is 1. The predicted octanol–water partition coefficient (Wildman–Crippen LogP) is 6.15. The summed E-state index contributed by atoms with van der Waals surface area (Å²) in [7, 11) is -3.75. The summed E-state index contributed by atoms with van der Waals surface area (Å²) in [6.45, 7) is 6.06. The number of likely N-dealkylation sites (tertiary alicyclic amines) is 1. The Balaban J connectivity index is 0.000000616. The van der Waals surface area contributed by atoms with Crippen LogP contribution in [0.25, 0.3) is 0 Å². The molecule has 0 bridgehead atoms. The van der Waals surface area contributed by atoms with Gasteiger partial charge in [-0.25, -0.2) is 22.3 Å². The number of carbonyl (C=O) groups is 2. The molecule has 2 fully saturated rings. The fraction of sp³-hybridized carbons (Fsp3) is 0.481. The molecule has 1 aliphatic heterocycles. The molecule has 42 heavy (non-hydrogen) atoms. The summed E-state index contributed by atoms with van der Waals surface area (Å²) in [4.78, 5) is 23.6. The second-order valence-corrected chi connectivity index (χ2v) is 13.1. The van der Waals surface area contributed by atoms with Crippen LogP contribution in [0.2, 0.25) is 10.0 Å². The molecule has 4 rings (SSSR count). The number of hydrogen-bond donors (Lipinski definition) is 2. The quantitative estimate of drug-likeness (QED) is 0.328. The van der Waals surface area contributed by atoms with Crippen LogP contribution in [0.1, 0.15) is 60.1 Å². The highest BCUT2D eigenvalue weighted by Gasteiger charge is 2.38. The third-order valence-electron chi connectivity index (χ3n) is 6.99. The monoisotopic (exact) mass is 656 g/mol. The van der Waals surface area contributed by atoms with E-state index in [9.17, 15) is 30.8 Å². The summed E-state index contributed by atoms with van der Waals surface area (Å²) in [6, 6.07) is 8.29. The molecular formula is C27H30Cl2F4N2O6S. The molecule has 1 unspecified atom stereocenters. The summed E-state index contributed by atoms with van der Waals surface area (Å²) in [5, 5.41) is 7.81. The lowest BCUT2D eigenvalue weighted by Gasteiger charge is -2.36. The van der Waals surface area contributed by atoms with Gasteiger partial charge in [0.15, 0.2) is 0 Å². The molecule has 1 saturated carbocycles. The number of rotatable bonds is 8. The van der Waals surface area contributed by atoms with E-state index in [0.717, 1.165) is 37.6 Å². The minimum atomic E-state index is -5.08. The van der Waals surface area contributed by atoms with E-state index in [-0.39, 0.29) is 11.6 Å². The number of piperidine rings is 1. The molecule has 0 radical (unpaired) electrons. The van der Waals surface area contributed by atoms with Gasteiger partial charge in [-0.1, -0.05) is 23.2 Å². The van der Waals surface area contributed by atoms with E-state index in [1.165, 1.54) is 6.07 Å². The Kier molecular flexibility index (Phi) is 11.1. The molecular weight excluding hydrogens is 627 g/mol. The van der Waals surface area contributed by atoms with Crippen LogP contribution in [0, 0.1) is 18.7 Å². The minimum absolute atomic E-state index is 0.187. The predicted molar refractivity (Wildman–Crippen MR) is 149 cm³/mol. The number of carboxylic acids is 1. The van der Waals surface area contributed by atoms with Crippen LogP contribution in [-0.4, -0.2) is 61.4 Å². The highest BCUT2D eigenvalue weighted by Crippen LogP contribution is 2.32. The van der Waals surface area contributed by atoms with Gasteiger partial charge in [-0.2, -0.15) is 13.2 Å². The van der Waals surface area contributed by atoms with E-state index < -0.39 is 39.1 Å². The van der Waals surface area contributed by atoms with E-state index in [0.29, 0.717) is 46.7 Å². The van der Waals surface area contributed by atoms with Gasteiger partial charge in [-0.15, -0.1) is 0 Å². The zero-order valence-corrected chi connectivity index (χ0v) is 25.0. The number of amides is 1. The Morgan fingerprint density at radius 3 is 2.12 bits per heavy atom. The van der Waals surface area contributed by atoms with Gasteiger partial charge in [0.1, 0.15) is 11.6 Å². The number of halogens is 6. The topological polar surface area (TPSA) is 113 Å². The maximum absolute atomic E-state index is 14.6. The van der Waals surface area contributed by atoms with E-state index in [4.69, 9.17) is 37.8 Å². The number of benzene rings is 2. The SMILES string of the molecule is Cc1cc(C(=O)NS(=O)(=O)C2CC2)c(F)cc1OCC1CCN(C(C)c2cc(Cl)cc(Cl)c2)CC1.O=C(O)C(F)(F)F. The van der Waals surface area contributed by atoms with Crippen LogP contribution in [0.15, 0.2) is 30.3 Å². The molecule has 232 valence electrons. The van der Waals surface area contributed by atoms with Crippen molar-refractivity contribution in [2.24, 2.45) is 5.92 Å². The third kappa shape index (κ3) is 9.45. The van der Waals surface area contributed by atoms with E-state index >= 15 is 0 Å². The van der Waals surface area contributed by atoms with Crippen LogP contribution in [0.5, 0.6) is 5.75 Å². The average Bonchev–Trinajstić information content (AvgIpc) is 3.74. The summed E-state index contributed by atoms with van der Waals surface area (Å²) >= 11 is 12.3. The van der Waals surface area contributed by atoms with Crippen LogP contribution in [0.3, 0.4) is 0 Å². The molecule has 2 N–H and O–H groups in total. The Labute approximate surface area is 251 Å². The molecule has 8 nitrogen and oxygen atoms in total. The molecule has 1 heterocycles. The second kappa shape index (κ2) is 13.8. The number of nitrogens with zero attached hydrogens (tertiary/aromatic N) is 1. The molecule has 15 heteroatoms. The number of ether oxygens (including phenoxy) is 1. The number of aliphatic carboxylic acids is 1. The minimum Gasteiger partial charge on any atom is -0.493 e. The first-order valence-corrected chi connectivity index (χ1v) is 15.3. The van der Waals surface area contributed by atoms with Gasteiger partial charge in [0, 0.05) is 22.2 Å². The van der Waals surface area contributed by atoms with Crippen molar-refractivity contribution in [1.82, 2.24) is 9.62 Å². The maximum atomic E-state index is 14.6. The van der Waals surface area contributed by atoms with Crippen LogP contribution >= 0.6 is 23.2 Å². The lowest BCUT2D eigenvalue weighted by Crippen LogP contribution is -2.37. The summed E-state index contributed by atoms with van der Waals surface area (Å²) < 4.78 is 78.2. The molecule has 1 atom stereocenters. The van der Waals surface area contributed by atoms with Crippen molar-refractivity contribution in [3.63, 3.8) is 0 Å². The normalized spacial score (nSPS) is 17.1. The van der Waals surface area contributed by atoms with Crippen LogP contribution in [-0.2, 0) is 14.8 Å². The number of nitrogens with one attached hydrogen (secondary N) is 1. The number of alkyl halides is 3. The van der Waals surface area contributed by atoms with Crippen molar-refractivity contribution in [2.45, 2.75) is 57.0 Å². The largest absolute Gasteiger partial charge is 0.493 e. The van der Waals surface area contributed by atoms with Crippen molar-refractivity contribution in [1.29, 1.82) is 0 Å². The van der Waals surface area contributed by atoms with Crippen molar-refractivity contribution in [3.8, 4) is 5.75 Å². The Morgan fingerprint density at radius 1 is 1.07 bits per heavy atom. The molecule has 2 aliphatic rings. The lowest BCUT2D eigenvalue weighted by atomic mass is 9.95. The standard InChI is InChI=1S/C25H29Cl2FN2O4S.C2HF3O2/c1-15-9-22(25(31)29-35(32,33)21-3-4-21)23(28)13-24(15)34-14-17-5-7-30(8-6-17)16(2)18-10-19(26)12-20(27)11-18;3-2(4,5)1(6)7/h9-13,16-17,21H,3-8,14H2,1-2H3,(H,29,31);(H,6,7). The van der Waals surface area contributed by atoms with Gasteiger partial charge in [-0.05, 0) is 93.9 Å². The van der Waals surface area contributed by atoms with Gasteiger partial charge < -0.3 is 9.84 Å². The fourth-order valence-corrected chi connectivity index (χ4v) is 6.21. The van der Waals surface area contributed by atoms with E-state index in [1.807, 2.05) is 16.9 Å². The van der Waals surface area contributed by atoms with Crippen molar-refractivity contribution in [2.75, 3.05) is 19.7 Å². The fourth-order valence-electron chi connectivity index (χ4n) is 4.38. The second-order valence-electron chi connectivity index (χ2n) is 10.2. The van der Waals surface area contributed by atoms with Crippen molar-refractivity contribution >= 4 is 45.1 Å². The number of hydrogen-bond acceptors (Lipinski definition) is 6. The first-order chi connectivity index (χ1) is 19.5. The number of carboxylic acid groups (broad SMARTS) is 1. The van der Waals surface area contributed by atoms with Crippen LogP contribution < -0.4 is 9.46 Å². The van der Waals surface area contributed by atoms with Gasteiger partial charge in [0.25, 0.3) is 5.91 Å². The molecule has 0 aromatic heterocycles. The average molecular weight is 658 g/mol. The maximum Gasteiger partial charge on any atom is 0.490 e. The molecule has 2 aromatic rings. The lowest BCUT2D eigenvalue weighted by molar-refractivity contribution is -0.192. The molecule has 2 aromatic carbocycles. The van der Waals surface area contributed by atoms with Crippen molar-refractivity contribution < 1.29 is 45.4 Å². The Morgan fingerprint density at radius 2 is 1.62 bits per heavy atom. The van der Waals surface area contributed by atoms with E-state index in [2.05, 4.69) is 11.8 Å². The summed E-state index contributed by atoms with van der Waals surface area (Å²) in [5.41, 5.74) is 1.35. The smallest absolute Gasteiger partial charge is 0.490 e. The van der Waals surface area contributed by atoms with Gasteiger partial charge in [0.2, 0.25) is 10.0 Å². The van der Waals surface area contributed by atoms with Crippen molar-refractivity contribution in [3.05, 3.63) is 62.9 Å². The summed E-state index contributed by atoms with van der Waals surface area (Å²) in [6.07, 6.45) is -2.19. The van der Waals surface area contributed by atoms with Gasteiger partial charge in [-0.3, -0.25) is 9.69 Å². The van der Waals surface area contributed by atoms with Gasteiger partial charge in [0.05, 0.1) is 17.4 Å².